The summed E-state index contributed by atoms with van der Waals surface area (Å²) in [7, 11) is 1.61. The molecular formula is C20H17FN2O2S. The van der Waals surface area contributed by atoms with Crippen molar-refractivity contribution in [1.82, 2.24) is 10.3 Å². The molecule has 1 aliphatic carbocycles. The van der Waals surface area contributed by atoms with Crippen LogP contribution in [0.4, 0.5) is 4.39 Å². The Labute approximate surface area is 154 Å². The largest absolute Gasteiger partial charge is 0.496 e. The van der Waals surface area contributed by atoms with Crippen molar-refractivity contribution in [2.75, 3.05) is 7.11 Å². The van der Waals surface area contributed by atoms with Gasteiger partial charge >= 0.3 is 0 Å². The van der Waals surface area contributed by atoms with Gasteiger partial charge in [-0.15, -0.1) is 11.3 Å². The number of carbonyl (C=O) groups excluding carboxylic acids is 1. The molecule has 2 atom stereocenters. The second-order valence-electron chi connectivity index (χ2n) is 6.21. The summed E-state index contributed by atoms with van der Waals surface area (Å²) in [5.41, 5.74) is 2.32. The number of carbonyl (C=O) groups is 1. The molecular weight excluding hydrogens is 351 g/mol. The number of nitrogens with zero attached hydrogens (tertiary/aromatic N) is 1. The third-order valence-electron chi connectivity index (χ3n) is 4.48. The van der Waals surface area contributed by atoms with Gasteiger partial charge in [0.05, 0.1) is 12.7 Å². The predicted molar refractivity (Wildman–Crippen MR) is 99.1 cm³/mol. The lowest BCUT2D eigenvalue weighted by molar-refractivity contribution is 0.0946. The number of hydrogen-bond acceptors (Lipinski definition) is 4. The van der Waals surface area contributed by atoms with Gasteiger partial charge in [-0.25, -0.2) is 9.37 Å². The fraction of sp³-hybridized carbons (Fsp3) is 0.200. The van der Waals surface area contributed by atoms with Gasteiger partial charge in [0.2, 0.25) is 0 Å². The second-order valence-corrected chi connectivity index (χ2v) is 7.07. The Morgan fingerprint density at radius 3 is 2.77 bits per heavy atom. The summed E-state index contributed by atoms with van der Waals surface area (Å²) in [5.74, 6) is 0.539. The summed E-state index contributed by atoms with van der Waals surface area (Å²) >= 11 is 1.41. The third-order valence-corrected chi connectivity index (χ3v) is 5.35. The molecule has 4 nitrogen and oxygen atoms in total. The minimum absolute atomic E-state index is 0.0735. The van der Waals surface area contributed by atoms with Crippen molar-refractivity contribution >= 4 is 17.2 Å². The fourth-order valence-corrected chi connectivity index (χ4v) is 3.83. The van der Waals surface area contributed by atoms with E-state index < -0.39 is 0 Å². The number of nitrogens with one attached hydrogen (secondary N) is 1. The molecule has 0 saturated heterocycles. The quantitative estimate of drug-likeness (QED) is 0.733. The highest BCUT2D eigenvalue weighted by Gasteiger charge is 2.39. The van der Waals surface area contributed by atoms with E-state index >= 15 is 0 Å². The molecule has 4 rings (SSSR count). The van der Waals surface area contributed by atoms with Crippen LogP contribution < -0.4 is 10.1 Å². The SMILES string of the molecule is COc1ccccc1-c1nc(C(=O)N[C@@H]2C[C@H]2c2ccc(F)cc2)cs1. The maximum absolute atomic E-state index is 13.0. The first-order valence-electron chi connectivity index (χ1n) is 8.31. The average molecular weight is 368 g/mol. The van der Waals surface area contributed by atoms with Gasteiger partial charge < -0.3 is 10.1 Å². The van der Waals surface area contributed by atoms with Crippen LogP contribution >= 0.6 is 11.3 Å². The number of para-hydroxylation sites is 1. The van der Waals surface area contributed by atoms with Crippen LogP contribution in [0.3, 0.4) is 0 Å². The lowest BCUT2D eigenvalue weighted by atomic mass is 10.1. The van der Waals surface area contributed by atoms with Crippen molar-refractivity contribution < 1.29 is 13.9 Å². The van der Waals surface area contributed by atoms with E-state index in [0.717, 1.165) is 28.3 Å². The first-order valence-corrected chi connectivity index (χ1v) is 9.19. The fourth-order valence-electron chi connectivity index (χ4n) is 3.00. The minimum atomic E-state index is -0.249. The number of hydrogen-bond donors (Lipinski definition) is 1. The van der Waals surface area contributed by atoms with Crippen LogP contribution in [-0.4, -0.2) is 24.0 Å². The molecule has 6 heteroatoms. The van der Waals surface area contributed by atoms with Crippen LogP contribution in [0.15, 0.2) is 53.9 Å². The Morgan fingerprint density at radius 1 is 1.23 bits per heavy atom. The normalized spacial score (nSPS) is 18.4. The second kappa shape index (κ2) is 6.88. The van der Waals surface area contributed by atoms with Gasteiger partial charge in [-0.2, -0.15) is 0 Å². The number of amides is 1. The highest BCUT2D eigenvalue weighted by Crippen LogP contribution is 2.41. The summed E-state index contributed by atoms with van der Waals surface area (Å²) in [6.45, 7) is 0. The molecule has 0 aliphatic heterocycles. The molecule has 26 heavy (non-hydrogen) atoms. The number of aromatic nitrogens is 1. The minimum Gasteiger partial charge on any atom is -0.496 e. The summed E-state index contributed by atoms with van der Waals surface area (Å²) in [6, 6.07) is 14.1. The van der Waals surface area contributed by atoms with E-state index in [1.54, 1.807) is 24.6 Å². The van der Waals surface area contributed by atoms with E-state index in [4.69, 9.17) is 4.74 Å². The summed E-state index contributed by atoms with van der Waals surface area (Å²) in [5, 5.41) is 5.51. The molecule has 1 amide bonds. The van der Waals surface area contributed by atoms with E-state index in [9.17, 15) is 9.18 Å². The molecule has 3 aromatic rings. The van der Waals surface area contributed by atoms with E-state index in [2.05, 4.69) is 10.3 Å². The molecule has 0 radical (unpaired) electrons. The number of ether oxygens (including phenoxy) is 1. The van der Waals surface area contributed by atoms with Crippen LogP contribution in [0, 0.1) is 5.82 Å². The Bertz CT molecular complexity index is 939. The molecule has 1 aromatic heterocycles. The van der Waals surface area contributed by atoms with Gasteiger partial charge in [-0.1, -0.05) is 24.3 Å². The highest BCUT2D eigenvalue weighted by molar-refractivity contribution is 7.13. The number of methoxy groups -OCH3 is 1. The third kappa shape index (κ3) is 3.32. The standard InChI is InChI=1S/C20H17FN2O2S/c1-25-18-5-3-2-4-14(18)20-23-17(11-26-20)19(24)22-16-10-15(16)12-6-8-13(21)9-7-12/h2-9,11,15-16H,10H2,1H3,(H,22,24)/t15-,16+/m0/s1. The Morgan fingerprint density at radius 2 is 2.00 bits per heavy atom. The summed E-state index contributed by atoms with van der Waals surface area (Å²) in [4.78, 5) is 16.9. The van der Waals surface area contributed by atoms with Gasteiger partial charge in [0.25, 0.3) is 5.91 Å². The molecule has 1 heterocycles. The van der Waals surface area contributed by atoms with E-state index in [1.807, 2.05) is 24.3 Å². The summed E-state index contributed by atoms with van der Waals surface area (Å²) in [6.07, 6.45) is 0.862. The molecule has 0 spiro atoms. The van der Waals surface area contributed by atoms with Gasteiger partial charge in [0.15, 0.2) is 0 Å². The highest BCUT2D eigenvalue weighted by atomic mass is 32.1. The number of rotatable bonds is 5. The topological polar surface area (TPSA) is 51.2 Å². The van der Waals surface area contributed by atoms with Crippen LogP contribution in [0.1, 0.15) is 28.4 Å². The Kier molecular flexibility index (Phi) is 4.42. The number of benzene rings is 2. The molecule has 132 valence electrons. The molecule has 0 bridgehead atoms. The lowest BCUT2D eigenvalue weighted by Gasteiger charge is -2.05. The van der Waals surface area contributed by atoms with E-state index in [-0.39, 0.29) is 23.7 Å². The van der Waals surface area contributed by atoms with Gasteiger partial charge in [-0.05, 0) is 36.2 Å². The average Bonchev–Trinajstić information content (AvgIpc) is 3.24. The van der Waals surface area contributed by atoms with E-state index in [1.165, 1.54) is 23.5 Å². The van der Waals surface area contributed by atoms with Crippen molar-refractivity contribution in [3.05, 3.63) is 71.0 Å². The molecule has 1 fully saturated rings. The number of thiazole rings is 1. The molecule has 0 unspecified atom stereocenters. The first-order chi connectivity index (χ1) is 12.7. The van der Waals surface area contributed by atoms with Crippen molar-refractivity contribution in [2.45, 2.75) is 18.4 Å². The first kappa shape index (κ1) is 16.7. The zero-order valence-electron chi connectivity index (χ0n) is 14.1. The maximum atomic E-state index is 13.0. The summed E-state index contributed by atoms with van der Waals surface area (Å²) < 4.78 is 18.4. The van der Waals surface area contributed by atoms with Gasteiger partial charge in [0.1, 0.15) is 22.3 Å². The predicted octanol–water partition coefficient (Wildman–Crippen LogP) is 4.24. The molecule has 2 aromatic carbocycles. The van der Waals surface area contributed by atoms with E-state index in [0.29, 0.717) is 5.69 Å². The smallest absolute Gasteiger partial charge is 0.271 e. The zero-order chi connectivity index (χ0) is 18.1. The molecule has 1 saturated carbocycles. The van der Waals surface area contributed by atoms with Crippen molar-refractivity contribution in [3.8, 4) is 16.3 Å². The van der Waals surface area contributed by atoms with Crippen LogP contribution in [0.2, 0.25) is 0 Å². The molecule has 1 aliphatic rings. The van der Waals surface area contributed by atoms with Crippen molar-refractivity contribution in [2.24, 2.45) is 0 Å². The Hall–Kier alpha value is -2.73. The Balaban J connectivity index is 1.44. The van der Waals surface area contributed by atoms with Crippen LogP contribution in [0.5, 0.6) is 5.75 Å². The maximum Gasteiger partial charge on any atom is 0.271 e. The molecule has 1 N–H and O–H groups in total. The van der Waals surface area contributed by atoms with Crippen LogP contribution in [0.25, 0.3) is 10.6 Å². The van der Waals surface area contributed by atoms with Crippen LogP contribution in [-0.2, 0) is 0 Å². The van der Waals surface area contributed by atoms with Gasteiger partial charge in [0, 0.05) is 17.3 Å². The lowest BCUT2D eigenvalue weighted by Crippen LogP contribution is -2.26. The monoisotopic (exact) mass is 368 g/mol. The number of halogens is 1. The zero-order valence-corrected chi connectivity index (χ0v) is 14.9. The van der Waals surface area contributed by atoms with Gasteiger partial charge in [-0.3, -0.25) is 4.79 Å². The van der Waals surface area contributed by atoms with Crippen molar-refractivity contribution in [1.29, 1.82) is 0 Å². The van der Waals surface area contributed by atoms with Crippen molar-refractivity contribution in [3.63, 3.8) is 0 Å².